The number of aromatic nitrogens is 2. The van der Waals surface area contributed by atoms with E-state index in [1.165, 1.54) is 6.07 Å². The average molecular weight is 498 g/mol. The molecule has 1 aromatic carbocycles. The minimum Gasteiger partial charge on any atom is -0.435 e. The highest BCUT2D eigenvalue weighted by atomic mass is 32.3. The summed E-state index contributed by atoms with van der Waals surface area (Å²) in [5.41, 5.74) is 3.06. The second-order valence-electron chi connectivity index (χ2n) is 9.92. The van der Waals surface area contributed by atoms with E-state index >= 15 is 0 Å². The molecule has 1 fully saturated rings. The number of nitrogens with zero attached hydrogens (tertiary/aromatic N) is 2. The van der Waals surface area contributed by atoms with Crippen LogP contribution in [0.4, 0.5) is 8.78 Å². The molecule has 1 aromatic heterocycles. The molecule has 0 radical (unpaired) electrons. The largest absolute Gasteiger partial charge is 0.435 e. The Bertz CT molecular complexity index is 1050. The fourth-order valence-corrected chi connectivity index (χ4v) is 6.63. The number of carbonyl (C=O) groups is 1. The van der Waals surface area contributed by atoms with Crippen LogP contribution in [0, 0.1) is 5.92 Å². The summed E-state index contributed by atoms with van der Waals surface area (Å²) < 4.78 is 51.7. The molecule has 1 atom stereocenters. The van der Waals surface area contributed by atoms with E-state index in [1.54, 1.807) is 12.1 Å². The summed E-state index contributed by atoms with van der Waals surface area (Å²) in [5.74, 6) is 0.497. The van der Waals surface area contributed by atoms with Crippen LogP contribution in [-0.4, -0.2) is 48.4 Å². The summed E-state index contributed by atoms with van der Waals surface area (Å²) >= 11 is 0. The van der Waals surface area contributed by atoms with Crippen molar-refractivity contribution in [2.75, 3.05) is 11.5 Å². The van der Waals surface area contributed by atoms with Gasteiger partial charge in [-0.25, -0.2) is 0 Å². The van der Waals surface area contributed by atoms with Crippen LogP contribution < -0.4 is 10.1 Å². The van der Waals surface area contributed by atoms with E-state index in [4.69, 9.17) is 5.10 Å². The Hall–Kier alpha value is -2.17. The smallest absolute Gasteiger partial charge is 0.387 e. The van der Waals surface area contributed by atoms with Crippen LogP contribution in [0.3, 0.4) is 0 Å². The Kier molecular flexibility index (Phi) is 6.94. The van der Waals surface area contributed by atoms with Crippen molar-refractivity contribution in [2.45, 2.75) is 71.1 Å². The van der Waals surface area contributed by atoms with Crippen LogP contribution >= 0.6 is 10.6 Å². The molecule has 188 valence electrons. The minimum atomic E-state index is -2.89. The molecule has 1 amide bonds. The summed E-state index contributed by atoms with van der Waals surface area (Å²) in [7, 11) is -2.52. The number of benzene rings is 1. The van der Waals surface area contributed by atoms with Crippen LogP contribution in [0.5, 0.6) is 5.75 Å². The topological polar surface area (TPSA) is 96.6 Å². The molecule has 2 aromatic rings. The second-order valence-corrected chi connectivity index (χ2v) is 12.3. The zero-order valence-electron chi connectivity index (χ0n) is 19.8. The summed E-state index contributed by atoms with van der Waals surface area (Å²) in [6, 6.07) is 6.65. The van der Waals surface area contributed by atoms with Gasteiger partial charge in [-0.15, -0.1) is 0 Å². The lowest BCUT2D eigenvalue weighted by atomic mass is 9.84. The average Bonchev–Trinajstić information content (AvgIpc) is 3.15. The van der Waals surface area contributed by atoms with Gasteiger partial charge in [-0.05, 0) is 58.6 Å². The lowest BCUT2D eigenvalue weighted by Gasteiger charge is -2.45. The van der Waals surface area contributed by atoms with Crippen molar-refractivity contribution in [2.24, 2.45) is 5.92 Å². The molecule has 0 spiro atoms. The number of ether oxygens (including phenoxy) is 1. The zero-order valence-corrected chi connectivity index (χ0v) is 20.6. The maximum absolute atomic E-state index is 13.2. The molecule has 1 saturated heterocycles. The third kappa shape index (κ3) is 5.39. The Balaban J connectivity index is 1.55. The van der Waals surface area contributed by atoms with E-state index in [0.29, 0.717) is 49.2 Å². The molecule has 3 N–H and O–H groups in total. The van der Waals surface area contributed by atoms with E-state index < -0.39 is 22.7 Å². The van der Waals surface area contributed by atoms with Crippen molar-refractivity contribution in [3.05, 3.63) is 35.5 Å². The molecule has 4 rings (SSSR count). The lowest BCUT2D eigenvalue weighted by molar-refractivity contribution is -0.127. The number of amides is 1. The first-order valence-electron chi connectivity index (χ1n) is 11.7. The van der Waals surface area contributed by atoms with Crippen molar-refractivity contribution in [1.29, 1.82) is 0 Å². The number of alkyl halides is 2. The van der Waals surface area contributed by atoms with Gasteiger partial charge < -0.3 is 10.1 Å². The zero-order chi connectivity index (χ0) is 24.7. The first-order chi connectivity index (χ1) is 16.0. The van der Waals surface area contributed by atoms with Crippen LogP contribution in [0.2, 0.25) is 0 Å². The molecule has 0 bridgehead atoms. The van der Waals surface area contributed by atoms with Gasteiger partial charge in [-0.2, -0.15) is 24.5 Å². The number of carbonyl (C=O) groups excluding carboxylic acids is 1. The standard InChI is InChI=1S/C24H33F2N3O4S/c1-15(2)29-20-14-17(22(30)27-24(3)9-11-34(31,32)12-10-24)7-8-19(20)21(28-29)16-5-4-6-18(13-16)33-23(25)26/h4-6,13,15,17,23,31-32H,7-12,14H2,1-3H3,(H,27,30). The van der Waals surface area contributed by atoms with Crippen LogP contribution in [-0.2, 0) is 17.6 Å². The Morgan fingerprint density at radius 1 is 1.29 bits per heavy atom. The summed E-state index contributed by atoms with van der Waals surface area (Å²) in [6.07, 6.45) is 2.96. The van der Waals surface area contributed by atoms with Crippen LogP contribution in [0.1, 0.15) is 57.3 Å². The van der Waals surface area contributed by atoms with Crippen molar-refractivity contribution < 1.29 is 27.4 Å². The maximum atomic E-state index is 13.2. The van der Waals surface area contributed by atoms with Gasteiger partial charge in [0.2, 0.25) is 5.91 Å². The third-order valence-electron chi connectivity index (χ3n) is 6.88. The van der Waals surface area contributed by atoms with Crippen LogP contribution in [0.15, 0.2) is 24.3 Å². The van der Waals surface area contributed by atoms with Crippen molar-refractivity contribution in [3.63, 3.8) is 0 Å². The number of rotatable bonds is 6. The molecule has 2 aliphatic rings. The fourth-order valence-electron chi connectivity index (χ4n) is 4.87. The van der Waals surface area contributed by atoms with E-state index in [2.05, 4.69) is 10.1 Å². The highest BCUT2D eigenvalue weighted by Gasteiger charge is 2.38. The van der Waals surface area contributed by atoms with Gasteiger partial charge in [0.15, 0.2) is 0 Å². The quantitative estimate of drug-likeness (QED) is 0.506. The Labute approximate surface area is 200 Å². The number of nitrogens with one attached hydrogen (secondary N) is 1. The van der Waals surface area contributed by atoms with Gasteiger partial charge in [-0.3, -0.25) is 18.6 Å². The van der Waals surface area contributed by atoms with Gasteiger partial charge in [0.1, 0.15) is 5.75 Å². The van der Waals surface area contributed by atoms with E-state index in [-0.39, 0.29) is 23.6 Å². The molecule has 1 aliphatic carbocycles. The monoisotopic (exact) mass is 497 g/mol. The summed E-state index contributed by atoms with van der Waals surface area (Å²) in [5, 5.41) is 7.99. The first-order valence-corrected chi connectivity index (χ1v) is 13.6. The minimum absolute atomic E-state index is 0.0167. The van der Waals surface area contributed by atoms with Crippen LogP contribution in [0.25, 0.3) is 11.3 Å². The normalized spacial score (nSPS) is 22.3. The van der Waals surface area contributed by atoms with Gasteiger partial charge in [0, 0.05) is 52.2 Å². The molecular weight excluding hydrogens is 464 g/mol. The lowest BCUT2D eigenvalue weighted by Crippen LogP contribution is -2.52. The maximum Gasteiger partial charge on any atom is 0.387 e. The molecule has 7 nitrogen and oxygen atoms in total. The molecule has 1 unspecified atom stereocenters. The Morgan fingerprint density at radius 3 is 2.65 bits per heavy atom. The summed E-state index contributed by atoms with van der Waals surface area (Å²) in [4.78, 5) is 13.2. The predicted octanol–water partition coefficient (Wildman–Crippen LogP) is 5.26. The molecule has 2 heterocycles. The van der Waals surface area contributed by atoms with Gasteiger partial charge in [0.05, 0.1) is 5.69 Å². The van der Waals surface area contributed by atoms with Crippen molar-refractivity contribution in [1.82, 2.24) is 15.1 Å². The molecule has 10 heteroatoms. The number of hydrogen-bond acceptors (Lipinski definition) is 5. The van der Waals surface area contributed by atoms with Gasteiger partial charge in [0.25, 0.3) is 0 Å². The highest BCUT2D eigenvalue weighted by molar-refractivity contribution is 8.24. The van der Waals surface area contributed by atoms with Gasteiger partial charge >= 0.3 is 6.61 Å². The van der Waals surface area contributed by atoms with Crippen molar-refractivity contribution in [3.8, 4) is 17.0 Å². The summed E-state index contributed by atoms with van der Waals surface area (Å²) in [6.45, 7) is 3.13. The molecule has 1 aliphatic heterocycles. The Morgan fingerprint density at radius 2 is 2.00 bits per heavy atom. The van der Waals surface area contributed by atoms with Crippen molar-refractivity contribution >= 4 is 16.5 Å². The predicted molar refractivity (Wildman–Crippen MR) is 129 cm³/mol. The first kappa shape index (κ1) is 24.9. The van der Waals surface area contributed by atoms with E-state index in [9.17, 15) is 22.7 Å². The molecule has 0 saturated carbocycles. The molecule has 34 heavy (non-hydrogen) atoms. The second kappa shape index (κ2) is 9.47. The fraction of sp³-hybridized carbons (Fsp3) is 0.583. The molecular formula is C24H33F2N3O4S. The third-order valence-corrected chi connectivity index (χ3v) is 8.60. The number of fused-ring (bicyclic) bond motifs is 1. The number of halogens is 2. The van der Waals surface area contributed by atoms with Gasteiger partial charge in [-0.1, -0.05) is 12.1 Å². The SMILES string of the molecule is CC(C)n1nc(-c2cccc(OC(F)F)c2)c2c1CC(C(=O)NC1(C)CCS(O)(O)CC1)CC2. The van der Waals surface area contributed by atoms with E-state index in [0.717, 1.165) is 17.0 Å². The number of hydrogen-bond donors (Lipinski definition) is 3. The van der Waals surface area contributed by atoms with E-state index in [1.807, 2.05) is 31.5 Å². The highest BCUT2D eigenvalue weighted by Crippen LogP contribution is 2.47.